The smallest absolute Gasteiger partial charge is 0.410 e. The molecule has 2 aliphatic heterocycles. The highest BCUT2D eigenvalue weighted by atomic mass is 35.5. The van der Waals surface area contributed by atoms with Gasteiger partial charge in [0.1, 0.15) is 11.4 Å². The summed E-state index contributed by atoms with van der Waals surface area (Å²) in [5.41, 5.74) is 0.362. The number of benzene rings is 1. The quantitative estimate of drug-likeness (QED) is 0.431. The van der Waals surface area contributed by atoms with Gasteiger partial charge >= 0.3 is 6.09 Å². The zero-order chi connectivity index (χ0) is 28.2. The first-order valence-electron chi connectivity index (χ1n) is 14.2. The van der Waals surface area contributed by atoms with Crippen molar-refractivity contribution in [2.24, 2.45) is 0 Å². The number of rotatable bonds is 6. The van der Waals surface area contributed by atoms with E-state index in [1.807, 2.05) is 56.1 Å². The van der Waals surface area contributed by atoms with E-state index in [2.05, 4.69) is 53.8 Å². The maximum absolute atomic E-state index is 13.5. The first kappa shape index (κ1) is 29.6. The van der Waals surface area contributed by atoms with Crippen LogP contribution in [-0.4, -0.2) is 83.0 Å². The summed E-state index contributed by atoms with van der Waals surface area (Å²) in [4.78, 5) is 25.0. The summed E-state index contributed by atoms with van der Waals surface area (Å²) >= 11 is 6.18. The zero-order valence-electron chi connectivity index (χ0n) is 24.4. The first-order chi connectivity index (χ1) is 18.4. The van der Waals surface area contributed by atoms with E-state index >= 15 is 0 Å². The molecule has 0 bridgehead atoms. The summed E-state index contributed by atoms with van der Waals surface area (Å²) in [5, 5.41) is 0.732. The number of piperidine rings is 1. The summed E-state index contributed by atoms with van der Waals surface area (Å²) in [6.45, 7) is 15.7. The minimum Gasteiger partial charge on any atom is -0.444 e. The van der Waals surface area contributed by atoms with Gasteiger partial charge in [-0.15, -0.1) is 0 Å². The van der Waals surface area contributed by atoms with E-state index in [-0.39, 0.29) is 23.8 Å². The number of carbonyl (C=O) groups excluding carboxylic acids is 1. The van der Waals surface area contributed by atoms with Gasteiger partial charge in [-0.1, -0.05) is 29.8 Å². The number of halogens is 1. The Morgan fingerprint density at radius 1 is 0.949 bits per heavy atom. The third-order valence-electron chi connectivity index (χ3n) is 7.37. The van der Waals surface area contributed by atoms with Crippen molar-refractivity contribution < 1.29 is 14.3 Å². The molecule has 2 fully saturated rings. The van der Waals surface area contributed by atoms with Crippen LogP contribution < -0.4 is 4.90 Å². The fourth-order valence-corrected chi connectivity index (χ4v) is 5.62. The predicted octanol–water partition coefficient (Wildman–Crippen LogP) is 6.05. The van der Waals surface area contributed by atoms with Crippen molar-refractivity contribution in [1.29, 1.82) is 0 Å². The van der Waals surface area contributed by atoms with Crippen molar-refractivity contribution in [3.63, 3.8) is 0 Å². The van der Waals surface area contributed by atoms with Gasteiger partial charge < -0.3 is 19.3 Å². The van der Waals surface area contributed by atoms with Crippen LogP contribution in [0.3, 0.4) is 0 Å². The van der Waals surface area contributed by atoms with E-state index in [0.29, 0.717) is 19.2 Å². The Labute approximate surface area is 239 Å². The molecule has 3 heterocycles. The molecule has 2 aromatic rings. The van der Waals surface area contributed by atoms with E-state index in [1.165, 1.54) is 5.56 Å². The predicted molar refractivity (Wildman–Crippen MR) is 158 cm³/mol. The molecule has 214 valence electrons. The van der Waals surface area contributed by atoms with Crippen molar-refractivity contribution in [3.8, 4) is 0 Å². The number of anilines is 1. The lowest BCUT2D eigenvalue weighted by atomic mass is 9.94. The van der Waals surface area contributed by atoms with Crippen LogP contribution in [0.2, 0.25) is 5.02 Å². The van der Waals surface area contributed by atoms with Crippen LogP contribution in [0.15, 0.2) is 48.7 Å². The van der Waals surface area contributed by atoms with Crippen molar-refractivity contribution >= 4 is 23.5 Å². The fraction of sp³-hybridized carbons (Fsp3) is 0.613. The zero-order valence-corrected chi connectivity index (χ0v) is 25.2. The molecule has 2 saturated heterocycles. The second kappa shape index (κ2) is 12.4. The highest BCUT2D eigenvalue weighted by Crippen LogP contribution is 2.29. The summed E-state index contributed by atoms with van der Waals surface area (Å²) in [6, 6.07) is 14.7. The largest absolute Gasteiger partial charge is 0.444 e. The number of hydrogen-bond acceptors (Lipinski definition) is 6. The topological polar surface area (TPSA) is 58.1 Å². The molecule has 0 N–H and O–H groups in total. The van der Waals surface area contributed by atoms with E-state index in [9.17, 15) is 4.79 Å². The molecule has 1 aromatic carbocycles. The number of carbonyl (C=O) groups is 1. The number of hydrogen-bond donors (Lipinski definition) is 0. The van der Waals surface area contributed by atoms with Gasteiger partial charge in [-0.2, -0.15) is 0 Å². The molecule has 0 unspecified atom stereocenters. The summed E-state index contributed by atoms with van der Waals surface area (Å²) in [5.74, 6) is 1.04. The Bertz CT molecular complexity index is 1060. The highest BCUT2D eigenvalue weighted by Gasteiger charge is 2.42. The van der Waals surface area contributed by atoms with E-state index in [4.69, 9.17) is 21.1 Å². The molecule has 0 aliphatic carbocycles. The lowest BCUT2D eigenvalue weighted by Gasteiger charge is -2.51. The van der Waals surface area contributed by atoms with Crippen LogP contribution in [0.1, 0.15) is 59.9 Å². The molecule has 0 saturated carbocycles. The molecule has 1 amide bonds. The standard InChI is InChI=1S/C31H45ClN4O3/c1-30(2,3)38-22-27-21-35(25-14-17-34(18-15-25)28-9-7-8-16-33-28)26(19-23-10-12-24(32)13-11-23)20-36(27)29(37)39-31(4,5)6/h7-13,16,25-27H,14-15,17-22H2,1-6H3/t26-,27+/m0/s1. The average molecular weight is 557 g/mol. The molecule has 8 heteroatoms. The van der Waals surface area contributed by atoms with E-state index in [0.717, 1.165) is 49.7 Å². The summed E-state index contributed by atoms with van der Waals surface area (Å²) < 4.78 is 12.1. The van der Waals surface area contributed by atoms with Crippen molar-refractivity contribution in [3.05, 3.63) is 59.2 Å². The molecule has 1 aromatic heterocycles. The van der Waals surface area contributed by atoms with Crippen LogP contribution in [0.25, 0.3) is 0 Å². The summed E-state index contributed by atoms with van der Waals surface area (Å²) in [6.07, 6.45) is 4.53. The molecule has 4 rings (SSSR count). The van der Waals surface area contributed by atoms with Gasteiger partial charge in [0, 0.05) is 49.5 Å². The second-order valence-corrected chi connectivity index (χ2v) is 13.2. The molecule has 2 aliphatic rings. The minimum absolute atomic E-state index is 0.0886. The van der Waals surface area contributed by atoms with Crippen molar-refractivity contribution in [2.75, 3.05) is 37.7 Å². The highest BCUT2D eigenvalue weighted by molar-refractivity contribution is 6.30. The number of aromatic nitrogens is 1. The summed E-state index contributed by atoms with van der Waals surface area (Å²) in [7, 11) is 0. The maximum atomic E-state index is 13.5. The monoisotopic (exact) mass is 556 g/mol. The van der Waals surface area contributed by atoms with Gasteiger partial charge in [-0.25, -0.2) is 9.78 Å². The Hall–Kier alpha value is -2.35. The van der Waals surface area contributed by atoms with Crippen LogP contribution in [0, 0.1) is 0 Å². The van der Waals surface area contributed by atoms with Gasteiger partial charge in [0.05, 0.1) is 18.2 Å². The lowest BCUT2D eigenvalue weighted by molar-refractivity contribution is -0.0776. The Balaban J connectivity index is 1.57. The number of ether oxygens (including phenoxy) is 2. The molecular weight excluding hydrogens is 512 g/mol. The molecular formula is C31H45ClN4O3. The minimum atomic E-state index is -0.562. The molecule has 0 spiro atoms. The van der Waals surface area contributed by atoms with Gasteiger partial charge in [-0.05, 0) is 90.6 Å². The van der Waals surface area contributed by atoms with Crippen molar-refractivity contribution in [2.45, 2.75) is 90.1 Å². The van der Waals surface area contributed by atoms with Gasteiger partial charge in [0.2, 0.25) is 0 Å². The van der Waals surface area contributed by atoms with Crippen LogP contribution in [-0.2, 0) is 15.9 Å². The van der Waals surface area contributed by atoms with Crippen molar-refractivity contribution in [1.82, 2.24) is 14.8 Å². The van der Waals surface area contributed by atoms with Crippen LogP contribution >= 0.6 is 11.6 Å². The SMILES string of the molecule is CC(C)(C)OC[C@H]1CN(C2CCN(c3ccccn3)CC2)[C@@H](Cc2ccc(Cl)cc2)CN1C(=O)OC(C)(C)C. The number of nitrogens with zero attached hydrogens (tertiary/aromatic N) is 4. The molecule has 7 nitrogen and oxygen atoms in total. The normalized spacial score (nSPS) is 21.7. The Kier molecular flexibility index (Phi) is 9.45. The van der Waals surface area contributed by atoms with Gasteiger partial charge in [0.15, 0.2) is 0 Å². The van der Waals surface area contributed by atoms with Crippen LogP contribution in [0.4, 0.5) is 10.6 Å². The molecule has 2 atom stereocenters. The van der Waals surface area contributed by atoms with Crippen LogP contribution in [0.5, 0.6) is 0 Å². The fourth-order valence-electron chi connectivity index (χ4n) is 5.49. The molecule has 0 radical (unpaired) electrons. The number of pyridine rings is 1. The Morgan fingerprint density at radius 2 is 1.64 bits per heavy atom. The average Bonchev–Trinajstić information content (AvgIpc) is 2.88. The van der Waals surface area contributed by atoms with Gasteiger partial charge in [0.25, 0.3) is 0 Å². The number of amides is 1. The number of piperazine rings is 1. The third-order valence-corrected chi connectivity index (χ3v) is 7.62. The molecule has 39 heavy (non-hydrogen) atoms. The Morgan fingerprint density at radius 3 is 2.23 bits per heavy atom. The first-order valence-corrected chi connectivity index (χ1v) is 14.6. The second-order valence-electron chi connectivity index (χ2n) is 12.8. The third kappa shape index (κ3) is 8.57. The maximum Gasteiger partial charge on any atom is 0.410 e. The lowest BCUT2D eigenvalue weighted by Crippen LogP contribution is -2.65. The van der Waals surface area contributed by atoms with Gasteiger partial charge in [-0.3, -0.25) is 4.90 Å². The van der Waals surface area contributed by atoms with E-state index < -0.39 is 5.60 Å². The van der Waals surface area contributed by atoms with E-state index in [1.54, 1.807) is 0 Å².